The molecule has 1 N–H and O–H groups in total. The largest absolute Gasteiger partial charge is 0.465 e. The molecule has 1 aromatic carbocycles. The molecule has 1 aliphatic carbocycles. The monoisotopic (exact) mass is 302 g/mol. The van der Waals surface area contributed by atoms with Gasteiger partial charge in [-0.05, 0) is 31.0 Å². The Morgan fingerprint density at radius 2 is 1.95 bits per heavy atom. The van der Waals surface area contributed by atoms with Crippen LogP contribution in [-0.4, -0.2) is 22.6 Å². The lowest BCUT2D eigenvalue weighted by Gasteiger charge is -2.23. The number of H-pyrrole nitrogens is 1. The van der Waals surface area contributed by atoms with E-state index in [1.54, 1.807) is 12.1 Å². The van der Waals surface area contributed by atoms with Crippen molar-refractivity contribution in [2.45, 2.75) is 38.1 Å². The second-order valence-corrected chi connectivity index (χ2v) is 5.65. The Bertz CT molecular complexity index is 828. The van der Waals surface area contributed by atoms with Crippen molar-refractivity contribution >= 4 is 16.9 Å². The fraction of sp³-hybridized carbons (Fsp3) is 0.438. The highest BCUT2D eigenvalue weighted by atomic mass is 16.5. The van der Waals surface area contributed by atoms with E-state index in [0.29, 0.717) is 16.5 Å². The van der Waals surface area contributed by atoms with Crippen LogP contribution in [0.2, 0.25) is 0 Å². The maximum Gasteiger partial charge on any atom is 0.337 e. The predicted octanol–water partition coefficient (Wildman–Crippen LogP) is 1.98. The fourth-order valence-corrected chi connectivity index (χ4v) is 3.15. The summed E-state index contributed by atoms with van der Waals surface area (Å²) in [6.45, 7) is 0. The zero-order chi connectivity index (χ0) is 15.7. The van der Waals surface area contributed by atoms with Crippen LogP contribution in [0.3, 0.4) is 0 Å². The lowest BCUT2D eigenvalue weighted by Crippen LogP contribution is -2.38. The van der Waals surface area contributed by atoms with Gasteiger partial charge in [-0.1, -0.05) is 19.3 Å². The highest BCUT2D eigenvalue weighted by Gasteiger charge is 2.20. The summed E-state index contributed by atoms with van der Waals surface area (Å²) in [7, 11) is 1.29. The van der Waals surface area contributed by atoms with Crippen LogP contribution < -0.4 is 11.2 Å². The van der Waals surface area contributed by atoms with Crippen LogP contribution in [-0.2, 0) is 4.74 Å². The van der Waals surface area contributed by atoms with Gasteiger partial charge in [-0.25, -0.2) is 9.59 Å². The number of aromatic nitrogens is 2. The lowest BCUT2D eigenvalue weighted by atomic mass is 9.95. The van der Waals surface area contributed by atoms with Crippen LogP contribution >= 0.6 is 0 Å². The first kappa shape index (κ1) is 14.6. The number of hydrogen-bond donors (Lipinski definition) is 1. The molecule has 1 aliphatic rings. The molecule has 0 unspecified atom stereocenters. The third-order valence-corrected chi connectivity index (χ3v) is 4.29. The highest BCUT2D eigenvalue weighted by Crippen LogP contribution is 2.26. The second-order valence-electron chi connectivity index (χ2n) is 5.65. The standard InChI is InChI=1S/C16H18N2O4/c1-22-15(20)10-7-8-12-13(9-10)17-16(21)18(14(12)19)11-5-3-2-4-6-11/h7-9,11H,2-6H2,1H3,(H,17,21). The molecule has 0 atom stereocenters. The molecule has 0 radical (unpaired) electrons. The van der Waals surface area contributed by atoms with Crippen LogP contribution in [0.1, 0.15) is 48.5 Å². The number of carbonyl (C=O) groups excluding carboxylic acids is 1. The summed E-state index contributed by atoms with van der Waals surface area (Å²) in [5.41, 5.74) is -0.0288. The molecule has 0 amide bonds. The van der Waals surface area contributed by atoms with Gasteiger partial charge < -0.3 is 9.72 Å². The minimum atomic E-state index is -0.501. The Balaban J connectivity index is 2.15. The molecule has 0 bridgehead atoms. The summed E-state index contributed by atoms with van der Waals surface area (Å²) in [4.78, 5) is 39.2. The first-order chi connectivity index (χ1) is 10.6. The lowest BCUT2D eigenvalue weighted by molar-refractivity contribution is 0.0601. The quantitative estimate of drug-likeness (QED) is 0.860. The molecule has 0 aliphatic heterocycles. The summed E-state index contributed by atoms with van der Waals surface area (Å²) in [5, 5.41) is 0.415. The van der Waals surface area contributed by atoms with E-state index >= 15 is 0 Å². The van der Waals surface area contributed by atoms with Gasteiger partial charge >= 0.3 is 11.7 Å². The Labute approximate surface area is 126 Å². The average molecular weight is 302 g/mol. The zero-order valence-electron chi connectivity index (χ0n) is 12.4. The number of nitrogens with one attached hydrogen (secondary N) is 1. The van der Waals surface area contributed by atoms with Crippen LogP contribution in [0, 0.1) is 0 Å². The van der Waals surface area contributed by atoms with Gasteiger partial charge in [0, 0.05) is 6.04 Å². The summed E-state index contributed by atoms with van der Waals surface area (Å²) in [6, 6.07) is 4.56. The van der Waals surface area contributed by atoms with Gasteiger partial charge in [0.25, 0.3) is 5.56 Å². The maximum absolute atomic E-state index is 12.6. The van der Waals surface area contributed by atoms with Crippen molar-refractivity contribution in [1.29, 1.82) is 0 Å². The second kappa shape index (κ2) is 5.79. The fourth-order valence-electron chi connectivity index (χ4n) is 3.15. The van der Waals surface area contributed by atoms with Crippen molar-refractivity contribution in [3.05, 3.63) is 44.6 Å². The van der Waals surface area contributed by atoms with E-state index < -0.39 is 11.7 Å². The third kappa shape index (κ3) is 2.45. The molecule has 6 nitrogen and oxygen atoms in total. The molecule has 2 aromatic rings. The smallest absolute Gasteiger partial charge is 0.337 e. The molecule has 1 heterocycles. The van der Waals surface area contributed by atoms with Crippen LogP contribution in [0.15, 0.2) is 27.8 Å². The van der Waals surface area contributed by atoms with E-state index in [1.807, 2.05) is 0 Å². The number of esters is 1. The SMILES string of the molecule is COC(=O)c1ccc2c(=O)n(C3CCCCC3)c(=O)[nH]c2c1. The molecular weight excluding hydrogens is 284 g/mol. The summed E-state index contributed by atoms with van der Waals surface area (Å²) in [6.07, 6.45) is 4.94. The molecule has 1 aromatic heterocycles. The number of ether oxygens (including phenoxy) is 1. The van der Waals surface area contributed by atoms with E-state index in [-0.39, 0.29) is 11.6 Å². The normalized spacial score (nSPS) is 15.9. The molecule has 3 rings (SSSR count). The molecular formula is C16H18N2O4. The van der Waals surface area contributed by atoms with Gasteiger partial charge in [0.15, 0.2) is 0 Å². The van der Waals surface area contributed by atoms with E-state index in [2.05, 4.69) is 9.72 Å². The van der Waals surface area contributed by atoms with Crippen LogP contribution in [0.5, 0.6) is 0 Å². The number of nitrogens with zero attached hydrogens (tertiary/aromatic N) is 1. The first-order valence-electron chi connectivity index (χ1n) is 7.48. The van der Waals surface area contributed by atoms with E-state index in [4.69, 9.17) is 0 Å². The Morgan fingerprint density at radius 3 is 2.64 bits per heavy atom. The molecule has 1 fully saturated rings. The zero-order valence-corrected chi connectivity index (χ0v) is 12.4. The highest BCUT2D eigenvalue weighted by molar-refractivity contribution is 5.93. The summed E-state index contributed by atoms with van der Waals surface area (Å²) in [5.74, 6) is -0.501. The number of fused-ring (bicyclic) bond motifs is 1. The Morgan fingerprint density at radius 1 is 1.23 bits per heavy atom. The van der Waals surface area contributed by atoms with Gasteiger partial charge in [-0.3, -0.25) is 9.36 Å². The summed E-state index contributed by atoms with van der Waals surface area (Å²) < 4.78 is 5.98. The van der Waals surface area contributed by atoms with Crippen molar-refractivity contribution in [3.63, 3.8) is 0 Å². The first-order valence-corrected chi connectivity index (χ1v) is 7.48. The van der Waals surface area contributed by atoms with Gasteiger partial charge in [0.1, 0.15) is 0 Å². The van der Waals surface area contributed by atoms with Crippen molar-refractivity contribution in [2.24, 2.45) is 0 Å². The van der Waals surface area contributed by atoms with Gasteiger partial charge in [-0.2, -0.15) is 0 Å². The topological polar surface area (TPSA) is 81.2 Å². The molecule has 22 heavy (non-hydrogen) atoms. The number of methoxy groups -OCH3 is 1. The van der Waals surface area contributed by atoms with Gasteiger partial charge in [0.05, 0.1) is 23.6 Å². The van der Waals surface area contributed by atoms with E-state index in [1.165, 1.54) is 17.7 Å². The number of hydrogen-bond acceptors (Lipinski definition) is 4. The Kier molecular flexibility index (Phi) is 3.83. The maximum atomic E-state index is 12.6. The molecule has 6 heteroatoms. The number of aromatic amines is 1. The van der Waals surface area contributed by atoms with E-state index in [0.717, 1.165) is 32.1 Å². The number of rotatable bonds is 2. The van der Waals surface area contributed by atoms with Crippen LogP contribution in [0.4, 0.5) is 0 Å². The molecule has 0 spiro atoms. The molecule has 0 saturated heterocycles. The Hall–Kier alpha value is -2.37. The minimum Gasteiger partial charge on any atom is -0.465 e. The summed E-state index contributed by atoms with van der Waals surface area (Å²) >= 11 is 0. The minimum absolute atomic E-state index is 0.0327. The average Bonchev–Trinajstić information content (AvgIpc) is 2.54. The predicted molar refractivity (Wildman–Crippen MR) is 82.3 cm³/mol. The number of benzene rings is 1. The van der Waals surface area contributed by atoms with Gasteiger partial charge in [0.2, 0.25) is 0 Å². The van der Waals surface area contributed by atoms with Crippen molar-refractivity contribution in [3.8, 4) is 0 Å². The van der Waals surface area contributed by atoms with Crippen molar-refractivity contribution < 1.29 is 9.53 Å². The molecule has 1 saturated carbocycles. The third-order valence-electron chi connectivity index (χ3n) is 4.29. The van der Waals surface area contributed by atoms with Crippen LogP contribution in [0.25, 0.3) is 10.9 Å². The number of carbonyl (C=O) groups is 1. The van der Waals surface area contributed by atoms with E-state index in [9.17, 15) is 14.4 Å². The van der Waals surface area contributed by atoms with Crippen molar-refractivity contribution in [2.75, 3.05) is 7.11 Å². The molecule has 116 valence electrons. The van der Waals surface area contributed by atoms with Gasteiger partial charge in [-0.15, -0.1) is 0 Å². The van der Waals surface area contributed by atoms with Crippen molar-refractivity contribution in [1.82, 2.24) is 9.55 Å².